The van der Waals surface area contributed by atoms with Crippen molar-refractivity contribution < 1.29 is 19.0 Å². The fraction of sp³-hybridized carbons (Fsp3) is 0.304. The molecule has 7 nitrogen and oxygen atoms in total. The first kappa shape index (κ1) is 21.2. The second kappa shape index (κ2) is 10.3. The van der Waals surface area contributed by atoms with Gasteiger partial charge in [-0.05, 0) is 68.3 Å². The first-order valence-corrected chi connectivity index (χ1v) is 9.97. The van der Waals surface area contributed by atoms with Crippen molar-refractivity contribution in [2.45, 2.75) is 33.9 Å². The number of carbonyl (C=O) groups is 1. The molecule has 158 valence electrons. The molecule has 0 aliphatic carbocycles. The minimum Gasteiger partial charge on any atom is -0.490 e. The zero-order valence-corrected chi connectivity index (χ0v) is 17.6. The van der Waals surface area contributed by atoms with Gasteiger partial charge in [-0.2, -0.15) is 5.10 Å². The maximum Gasteiger partial charge on any atom is 0.246 e. The molecule has 3 rings (SSSR count). The van der Waals surface area contributed by atoms with Crippen molar-refractivity contribution in [3.05, 3.63) is 66.0 Å². The van der Waals surface area contributed by atoms with E-state index in [4.69, 9.17) is 14.2 Å². The van der Waals surface area contributed by atoms with Crippen molar-refractivity contribution in [2.75, 3.05) is 18.5 Å². The number of nitrogens with one attached hydrogen (secondary N) is 1. The van der Waals surface area contributed by atoms with Crippen molar-refractivity contribution in [2.24, 2.45) is 0 Å². The average molecular weight is 409 g/mol. The van der Waals surface area contributed by atoms with Gasteiger partial charge in [0.05, 0.1) is 19.4 Å². The van der Waals surface area contributed by atoms with E-state index in [1.807, 2.05) is 69.4 Å². The lowest BCUT2D eigenvalue weighted by Gasteiger charge is -2.13. The highest BCUT2D eigenvalue weighted by atomic mass is 16.5. The number of rotatable bonds is 10. The molecule has 0 spiro atoms. The van der Waals surface area contributed by atoms with Crippen LogP contribution in [0.15, 0.2) is 54.9 Å². The van der Waals surface area contributed by atoms with Crippen LogP contribution in [0, 0.1) is 6.92 Å². The van der Waals surface area contributed by atoms with E-state index in [9.17, 15) is 4.79 Å². The quantitative estimate of drug-likeness (QED) is 0.543. The van der Waals surface area contributed by atoms with Crippen LogP contribution in [0.3, 0.4) is 0 Å². The number of amides is 1. The lowest BCUT2D eigenvalue weighted by molar-refractivity contribution is -0.116. The fourth-order valence-corrected chi connectivity index (χ4v) is 2.89. The van der Waals surface area contributed by atoms with Crippen molar-refractivity contribution in [1.82, 2.24) is 9.78 Å². The third-order valence-corrected chi connectivity index (χ3v) is 4.22. The van der Waals surface area contributed by atoms with E-state index in [-0.39, 0.29) is 12.5 Å². The third-order valence-electron chi connectivity index (χ3n) is 4.22. The maximum absolute atomic E-state index is 12.1. The number of nitrogens with zero attached hydrogens (tertiary/aromatic N) is 2. The van der Waals surface area contributed by atoms with Gasteiger partial charge in [0.15, 0.2) is 11.5 Å². The Morgan fingerprint density at radius 2 is 1.73 bits per heavy atom. The average Bonchev–Trinajstić information content (AvgIpc) is 3.14. The van der Waals surface area contributed by atoms with Crippen LogP contribution in [0.2, 0.25) is 0 Å². The molecular formula is C23H27N3O4. The van der Waals surface area contributed by atoms with Crippen LogP contribution in [-0.4, -0.2) is 28.9 Å². The minimum absolute atomic E-state index is 0.135. The van der Waals surface area contributed by atoms with Crippen molar-refractivity contribution in [3.63, 3.8) is 0 Å². The van der Waals surface area contributed by atoms with Crippen molar-refractivity contribution in [3.8, 4) is 17.2 Å². The van der Waals surface area contributed by atoms with Crippen molar-refractivity contribution in [1.29, 1.82) is 0 Å². The van der Waals surface area contributed by atoms with E-state index < -0.39 is 0 Å². The topological polar surface area (TPSA) is 74.6 Å². The monoisotopic (exact) mass is 409 g/mol. The summed E-state index contributed by atoms with van der Waals surface area (Å²) >= 11 is 0. The molecule has 0 radical (unpaired) electrons. The summed E-state index contributed by atoms with van der Waals surface area (Å²) in [4.78, 5) is 12.1. The maximum atomic E-state index is 12.1. The molecule has 1 amide bonds. The fourth-order valence-electron chi connectivity index (χ4n) is 2.89. The molecule has 1 heterocycles. The van der Waals surface area contributed by atoms with E-state index in [1.54, 1.807) is 10.9 Å². The van der Waals surface area contributed by atoms with Crippen LogP contribution in [0.5, 0.6) is 17.2 Å². The standard InChI is InChI=1S/C23H27N3O4/c1-4-28-21-11-6-18(12-22(21)29-5-2)16-30-20-9-7-19(8-10-20)25-23(27)15-26-14-17(3)13-24-26/h6-14H,4-5,15-16H2,1-3H3,(H,25,27). The van der Waals surface area contributed by atoms with Crippen molar-refractivity contribution >= 4 is 11.6 Å². The van der Waals surface area contributed by atoms with Crippen LogP contribution in [0.4, 0.5) is 5.69 Å². The van der Waals surface area contributed by atoms with Gasteiger partial charge in [0.1, 0.15) is 18.9 Å². The third kappa shape index (κ3) is 6.01. The van der Waals surface area contributed by atoms with Gasteiger partial charge in [-0.15, -0.1) is 0 Å². The van der Waals surface area contributed by atoms with Gasteiger partial charge in [0.2, 0.25) is 5.91 Å². The number of carbonyl (C=O) groups excluding carboxylic acids is 1. The Bertz CT molecular complexity index is 967. The molecule has 0 aliphatic heterocycles. The van der Waals surface area contributed by atoms with Crippen LogP contribution in [0.25, 0.3) is 0 Å². The Morgan fingerprint density at radius 1 is 1.00 bits per heavy atom. The summed E-state index contributed by atoms with van der Waals surface area (Å²) in [5.41, 5.74) is 2.70. The van der Waals surface area contributed by atoms with Gasteiger partial charge < -0.3 is 19.5 Å². The van der Waals surface area contributed by atoms with Gasteiger partial charge in [-0.1, -0.05) is 6.07 Å². The Labute approximate surface area is 176 Å². The molecule has 0 aliphatic rings. The van der Waals surface area contributed by atoms with E-state index in [2.05, 4.69) is 10.4 Å². The molecule has 2 aromatic carbocycles. The van der Waals surface area contributed by atoms with Crippen LogP contribution in [0.1, 0.15) is 25.0 Å². The summed E-state index contributed by atoms with van der Waals surface area (Å²) < 4.78 is 18.7. The molecule has 0 saturated carbocycles. The smallest absolute Gasteiger partial charge is 0.246 e. The number of aryl methyl sites for hydroxylation is 1. The zero-order chi connectivity index (χ0) is 21.3. The first-order chi connectivity index (χ1) is 14.6. The second-order valence-electron chi connectivity index (χ2n) is 6.72. The predicted octanol–water partition coefficient (Wildman–Crippen LogP) is 4.21. The highest BCUT2D eigenvalue weighted by Gasteiger charge is 2.08. The molecule has 0 fully saturated rings. The number of hydrogen-bond acceptors (Lipinski definition) is 5. The molecule has 30 heavy (non-hydrogen) atoms. The van der Waals surface area contributed by atoms with Gasteiger partial charge in [-0.25, -0.2) is 0 Å². The highest BCUT2D eigenvalue weighted by molar-refractivity contribution is 5.90. The second-order valence-corrected chi connectivity index (χ2v) is 6.72. The number of ether oxygens (including phenoxy) is 3. The highest BCUT2D eigenvalue weighted by Crippen LogP contribution is 2.29. The molecule has 0 bridgehead atoms. The Morgan fingerprint density at radius 3 is 2.40 bits per heavy atom. The number of anilines is 1. The first-order valence-electron chi connectivity index (χ1n) is 9.97. The molecule has 3 aromatic rings. The molecule has 7 heteroatoms. The molecule has 1 N–H and O–H groups in total. The molecule has 1 aromatic heterocycles. The molecule has 0 saturated heterocycles. The van der Waals surface area contributed by atoms with Gasteiger partial charge in [0, 0.05) is 11.9 Å². The summed E-state index contributed by atoms with van der Waals surface area (Å²) in [7, 11) is 0. The number of aromatic nitrogens is 2. The summed E-state index contributed by atoms with van der Waals surface area (Å²) in [5, 5.41) is 6.97. The minimum atomic E-state index is -0.135. The SMILES string of the molecule is CCOc1ccc(COc2ccc(NC(=O)Cn3cc(C)cn3)cc2)cc1OCC. The van der Waals surface area contributed by atoms with Crippen LogP contribution >= 0.6 is 0 Å². The Hall–Kier alpha value is -3.48. The molecule has 0 atom stereocenters. The molecule has 0 unspecified atom stereocenters. The number of hydrogen-bond donors (Lipinski definition) is 1. The lowest BCUT2D eigenvalue weighted by Crippen LogP contribution is -2.18. The normalized spacial score (nSPS) is 10.5. The van der Waals surface area contributed by atoms with E-state index in [1.165, 1.54) is 0 Å². The zero-order valence-electron chi connectivity index (χ0n) is 17.6. The largest absolute Gasteiger partial charge is 0.490 e. The lowest BCUT2D eigenvalue weighted by atomic mass is 10.2. The molecular weight excluding hydrogens is 382 g/mol. The Balaban J connectivity index is 1.54. The van der Waals surface area contributed by atoms with Gasteiger partial charge >= 0.3 is 0 Å². The summed E-state index contributed by atoms with van der Waals surface area (Å²) in [6, 6.07) is 13.1. The van der Waals surface area contributed by atoms with Crippen LogP contribution < -0.4 is 19.5 Å². The van der Waals surface area contributed by atoms with Gasteiger partial charge in [-0.3, -0.25) is 9.48 Å². The summed E-state index contributed by atoms with van der Waals surface area (Å²) in [6.07, 6.45) is 3.55. The van der Waals surface area contributed by atoms with E-state index >= 15 is 0 Å². The van der Waals surface area contributed by atoms with Crippen LogP contribution in [-0.2, 0) is 17.9 Å². The van der Waals surface area contributed by atoms with E-state index in [0.717, 1.165) is 16.9 Å². The predicted molar refractivity (Wildman–Crippen MR) is 115 cm³/mol. The summed E-state index contributed by atoms with van der Waals surface area (Å²) in [6.45, 7) is 7.54. The van der Waals surface area contributed by atoms with Gasteiger partial charge in [0.25, 0.3) is 0 Å². The van der Waals surface area contributed by atoms with E-state index in [0.29, 0.717) is 37.0 Å². The summed E-state index contributed by atoms with van der Waals surface area (Å²) in [5.74, 6) is 2.02. The number of benzene rings is 2. The Kier molecular flexibility index (Phi) is 7.32.